The van der Waals surface area contributed by atoms with Gasteiger partial charge in [-0.2, -0.15) is 0 Å². The summed E-state index contributed by atoms with van der Waals surface area (Å²) in [5.41, 5.74) is 2.03. The summed E-state index contributed by atoms with van der Waals surface area (Å²) in [6, 6.07) is 6.85. The van der Waals surface area contributed by atoms with Gasteiger partial charge in [0.2, 0.25) is 0 Å². The van der Waals surface area contributed by atoms with Gasteiger partial charge in [-0.25, -0.2) is 4.79 Å². The minimum Gasteiger partial charge on any atom is -0.313 e. The van der Waals surface area contributed by atoms with E-state index < -0.39 is 22.0 Å². The summed E-state index contributed by atoms with van der Waals surface area (Å²) in [4.78, 5) is 12.4. The highest BCUT2D eigenvalue weighted by atomic mass is 32.3. The number of carbonyl (C=O) groups is 1. The fourth-order valence-corrected chi connectivity index (χ4v) is 6.02. The van der Waals surface area contributed by atoms with E-state index in [4.69, 9.17) is 3.63 Å². The molecule has 7 heteroatoms. The first-order valence-corrected chi connectivity index (χ1v) is 9.39. The maximum Gasteiger partial charge on any atom is 0.391 e. The third-order valence-electron chi connectivity index (χ3n) is 3.58. The van der Waals surface area contributed by atoms with Gasteiger partial charge in [-0.1, -0.05) is 21.3 Å². The number of hydrogen-bond acceptors (Lipinski definition) is 5. The van der Waals surface area contributed by atoms with E-state index in [1.807, 2.05) is 6.92 Å². The summed E-state index contributed by atoms with van der Waals surface area (Å²) in [6.45, 7) is 3.41. The van der Waals surface area contributed by atoms with Crippen LogP contribution in [0.4, 0.5) is 0 Å². The number of rotatable bonds is 3. The van der Waals surface area contributed by atoms with Gasteiger partial charge in [0, 0.05) is 31.2 Å². The Labute approximate surface area is 128 Å². The molecule has 2 atom stereocenters. The zero-order chi connectivity index (χ0) is 15.0. The lowest BCUT2D eigenvalue weighted by Crippen LogP contribution is -2.37. The number of carbonyl (C=O) groups excluding carboxylic acids is 1. The second-order valence-electron chi connectivity index (χ2n) is 5.17. The van der Waals surface area contributed by atoms with Crippen LogP contribution in [-0.2, 0) is 19.6 Å². The second kappa shape index (κ2) is 5.75. The molecule has 1 aromatic carbocycles. The van der Waals surface area contributed by atoms with Crippen LogP contribution in [0.3, 0.4) is 0 Å². The van der Waals surface area contributed by atoms with Crippen molar-refractivity contribution in [1.82, 2.24) is 5.32 Å². The van der Waals surface area contributed by atoms with Crippen molar-refractivity contribution in [3.8, 4) is 0 Å². The molecular formula is C14H18NO4S2+. The molecule has 0 aromatic heterocycles. The van der Waals surface area contributed by atoms with Gasteiger partial charge in [-0.05, 0) is 19.1 Å². The van der Waals surface area contributed by atoms with Gasteiger partial charge in [0.15, 0.2) is 16.1 Å². The maximum atomic E-state index is 12.1. The van der Waals surface area contributed by atoms with Crippen LogP contribution in [0.2, 0.25) is 0 Å². The molecule has 1 aromatic rings. The molecule has 1 fully saturated rings. The Morgan fingerprint density at radius 3 is 2.76 bits per heavy atom. The van der Waals surface area contributed by atoms with Crippen LogP contribution < -0.4 is 5.32 Å². The van der Waals surface area contributed by atoms with E-state index >= 15 is 0 Å². The molecule has 1 saturated heterocycles. The summed E-state index contributed by atoms with van der Waals surface area (Å²) in [5, 5.41) is 3.04. The first-order valence-electron chi connectivity index (χ1n) is 6.70. The Morgan fingerprint density at radius 1 is 1.33 bits per heavy atom. The number of aryl methyl sites for hydroxylation is 1. The minimum atomic E-state index is -3.41. The van der Waals surface area contributed by atoms with Crippen LogP contribution in [0.5, 0.6) is 0 Å². The number of benzene rings is 1. The molecule has 0 aliphatic carbocycles. The quantitative estimate of drug-likeness (QED) is 0.743. The monoisotopic (exact) mass is 328 g/mol. The summed E-state index contributed by atoms with van der Waals surface area (Å²) in [5.74, 6) is 0. The summed E-state index contributed by atoms with van der Waals surface area (Å²) in [7, 11) is -3.41. The van der Waals surface area contributed by atoms with E-state index in [0.717, 1.165) is 24.1 Å². The van der Waals surface area contributed by atoms with Crippen LogP contribution in [0.25, 0.3) is 0 Å². The second-order valence-corrected chi connectivity index (χ2v) is 8.74. The van der Waals surface area contributed by atoms with Gasteiger partial charge >= 0.3 is 5.12 Å². The lowest BCUT2D eigenvalue weighted by molar-refractivity contribution is -0.107. The predicted molar refractivity (Wildman–Crippen MR) is 85.1 cm³/mol. The van der Waals surface area contributed by atoms with Gasteiger partial charge in [-0.15, -0.1) is 0 Å². The molecule has 114 valence electrons. The number of nitrogens with one attached hydrogen (secondary N) is 1. The number of piperidine rings is 1. The Hall–Kier alpha value is -0.830. The van der Waals surface area contributed by atoms with Crippen molar-refractivity contribution >= 4 is 27.2 Å². The largest absolute Gasteiger partial charge is 0.391 e. The smallest absolute Gasteiger partial charge is 0.313 e. The van der Waals surface area contributed by atoms with Crippen LogP contribution in [-0.4, -0.2) is 32.6 Å². The van der Waals surface area contributed by atoms with Crippen molar-refractivity contribution in [2.45, 2.75) is 23.5 Å². The molecule has 2 aliphatic heterocycles. The molecular weight excluding hydrogens is 310 g/mol. The van der Waals surface area contributed by atoms with Crippen LogP contribution in [0.15, 0.2) is 40.8 Å². The third-order valence-corrected chi connectivity index (χ3v) is 7.38. The average molecular weight is 328 g/mol. The van der Waals surface area contributed by atoms with Crippen molar-refractivity contribution < 1.29 is 17.5 Å². The predicted octanol–water partition coefficient (Wildman–Crippen LogP) is 2.40. The zero-order valence-electron chi connectivity index (χ0n) is 11.6. The minimum absolute atomic E-state index is 0.0182. The van der Waals surface area contributed by atoms with Gasteiger partial charge in [-0.3, -0.25) is 0 Å². The Kier molecular flexibility index (Phi) is 4.13. The molecule has 0 bridgehead atoms. The van der Waals surface area contributed by atoms with Crippen molar-refractivity contribution in [2.24, 2.45) is 0 Å². The van der Waals surface area contributed by atoms with Crippen molar-refractivity contribution in [3.05, 3.63) is 41.5 Å². The molecule has 2 aliphatic rings. The van der Waals surface area contributed by atoms with E-state index in [0.29, 0.717) is 11.4 Å². The molecule has 2 heterocycles. The lowest BCUT2D eigenvalue weighted by atomic mass is 10.1. The molecule has 3 N–H and O–H groups in total. The maximum absolute atomic E-state index is 12.1. The lowest BCUT2D eigenvalue weighted by Gasteiger charge is -2.25. The fourth-order valence-electron chi connectivity index (χ4n) is 2.44. The summed E-state index contributed by atoms with van der Waals surface area (Å²) >= 11 is -1.10. The Bertz CT molecular complexity index is 585. The molecule has 21 heavy (non-hydrogen) atoms. The van der Waals surface area contributed by atoms with Gasteiger partial charge in [0.25, 0.3) is 11.2 Å². The standard InChI is InChI=1S/C14H17NO4S2/c1-10-2-4-12(5-3-10)21(17,18)19-20-13-6-7-15-9-11(13)8-14(20)16/h2-5,8,13,15H,6-7,9H2,1H3,(H-,17,18)/p+1/t13-,20?/m1/s1. The molecule has 0 saturated carbocycles. The highest BCUT2D eigenvalue weighted by molar-refractivity contribution is 8.27. The normalized spacial score (nSPS) is 26.4. The zero-order valence-corrected chi connectivity index (χ0v) is 13.2. The van der Waals surface area contributed by atoms with Gasteiger partial charge in [0.05, 0.1) is 4.90 Å². The Morgan fingerprint density at radius 2 is 2.05 bits per heavy atom. The first-order chi connectivity index (χ1) is 9.97. The SMILES string of the molecule is Cc1ccc(S(O)(O)O[S+]2C(=O)C=C3CNCC[C@H]32)cc1. The Balaban J connectivity index is 1.79. The van der Waals surface area contributed by atoms with E-state index in [-0.39, 0.29) is 10.4 Å². The molecule has 1 unspecified atom stereocenters. The molecule has 5 nitrogen and oxygen atoms in total. The van der Waals surface area contributed by atoms with Crippen LogP contribution in [0, 0.1) is 6.92 Å². The molecule has 0 radical (unpaired) electrons. The number of hydrogen-bond donors (Lipinski definition) is 3. The van der Waals surface area contributed by atoms with E-state index in [2.05, 4.69) is 5.32 Å². The topological polar surface area (TPSA) is 78.8 Å². The first kappa shape index (κ1) is 15.1. The van der Waals surface area contributed by atoms with Gasteiger partial charge < -0.3 is 14.4 Å². The van der Waals surface area contributed by atoms with Crippen molar-refractivity contribution in [1.29, 1.82) is 0 Å². The fraction of sp³-hybridized carbons (Fsp3) is 0.357. The van der Waals surface area contributed by atoms with E-state index in [1.54, 1.807) is 30.3 Å². The highest BCUT2D eigenvalue weighted by Gasteiger charge is 2.53. The summed E-state index contributed by atoms with van der Waals surface area (Å²) < 4.78 is 26.1. The average Bonchev–Trinajstić information content (AvgIpc) is 2.75. The van der Waals surface area contributed by atoms with E-state index in [1.165, 1.54) is 0 Å². The summed E-state index contributed by atoms with van der Waals surface area (Å²) in [6.07, 6.45) is 2.37. The van der Waals surface area contributed by atoms with E-state index in [9.17, 15) is 13.9 Å². The molecule has 3 rings (SSSR count). The van der Waals surface area contributed by atoms with Crippen LogP contribution >= 0.6 is 10.9 Å². The van der Waals surface area contributed by atoms with Crippen molar-refractivity contribution in [3.63, 3.8) is 0 Å². The van der Waals surface area contributed by atoms with Crippen LogP contribution in [0.1, 0.15) is 12.0 Å². The molecule has 0 spiro atoms. The molecule has 0 amide bonds. The highest BCUT2D eigenvalue weighted by Crippen LogP contribution is 2.53. The third kappa shape index (κ3) is 3.03. The number of fused-ring (bicyclic) bond motifs is 1. The van der Waals surface area contributed by atoms with Crippen molar-refractivity contribution in [2.75, 3.05) is 13.1 Å². The van der Waals surface area contributed by atoms with Gasteiger partial charge in [0.1, 0.15) is 0 Å².